The summed E-state index contributed by atoms with van der Waals surface area (Å²) in [7, 11) is 0. The maximum Gasteiger partial charge on any atom is 0.254 e. The van der Waals surface area contributed by atoms with Gasteiger partial charge in [0.25, 0.3) is 5.91 Å². The second kappa shape index (κ2) is 8.25. The zero-order valence-corrected chi connectivity index (χ0v) is 14.3. The Morgan fingerprint density at radius 1 is 1.04 bits per heavy atom. The summed E-state index contributed by atoms with van der Waals surface area (Å²) < 4.78 is 45.5. The molecule has 3 nitrogen and oxygen atoms in total. The first-order valence-corrected chi connectivity index (χ1v) is 8.65. The van der Waals surface area contributed by atoms with Crippen molar-refractivity contribution in [3.8, 4) is 5.75 Å². The van der Waals surface area contributed by atoms with Crippen molar-refractivity contribution in [3.63, 3.8) is 0 Å². The van der Waals surface area contributed by atoms with E-state index >= 15 is 0 Å². The number of likely N-dealkylation sites (tertiary alicyclic amines) is 1. The van der Waals surface area contributed by atoms with Gasteiger partial charge < -0.3 is 9.64 Å². The highest BCUT2D eigenvalue weighted by molar-refractivity contribution is 5.94. The molecule has 0 radical (unpaired) electrons. The molecule has 0 aliphatic carbocycles. The van der Waals surface area contributed by atoms with E-state index in [0.29, 0.717) is 25.6 Å². The second-order valence-electron chi connectivity index (χ2n) is 6.46. The third kappa shape index (κ3) is 4.56. The van der Waals surface area contributed by atoms with E-state index in [9.17, 15) is 18.0 Å². The van der Waals surface area contributed by atoms with E-state index in [-0.39, 0.29) is 23.0 Å². The quantitative estimate of drug-likeness (QED) is 0.787. The number of rotatable bonds is 5. The number of amides is 1. The van der Waals surface area contributed by atoms with Crippen LogP contribution in [0, 0.1) is 23.4 Å². The van der Waals surface area contributed by atoms with E-state index in [1.807, 2.05) is 0 Å². The summed E-state index contributed by atoms with van der Waals surface area (Å²) in [6.45, 7) is 1.47. The van der Waals surface area contributed by atoms with Gasteiger partial charge in [0.1, 0.15) is 11.6 Å². The van der Waals surface area contributed by atoms with Crippen LogP contribution in [0.4, 0.5) is 13.2 Å². The standard InChI is InChI=1S/C20H20F3NO2/c21-16-11-15(12-17(22)13-16)20(25)24-8-5-14(6-9-24)7-10-26-19-4-2-1-3-18(19)23/h1-4,11-14H,5-10H2. The van der Waals surface area contributed by atoms with E-state index in [1.54, 1.807) is 23.1 Å². The van der Waals surface area contributed by atoms with Gasteiger partial charge in [-0.05, 0) is 49.4 Å². The summed E-state index contributed by atoms with van der Waals surface area (Å²) in [4.78, 5) is 14.0. The van der Waals surface area contributed by atoms with Gasteiger partial charge in [-0.1, -0.05) is 12.1 Å². The van der Waals surface area contributed by atoms with Crippen LogP contribution >= 0.6 is 0 Å². The van der Waals surface area contributed by atoms with Crippen molar-refractivity contribution in [2.45, 2.75) is 19.3 Å². The van der Waals surface area contributed by atoms with Gasteiger partial charge in [0.05, 0.1) is 6.61 Å². The number of carbonyl (C=O) groups is 1. The second-order valence-corrected chi connectivity index (χ2v) is 6.46. The molecule has 1 amide bonds. The Bertz CT molecular complexity index is 753. The van der Waals surface area contributed by atoms with Crippen molar-refractivity contribution in [1.82, 2.24) is 4.90 Å². The van der Waals surface area contributed by atoms with E-state index in [0.717, 1.165) is 37.5 Å². The normalized spacial score (nSPS) is 15.1. The lowest BCUT2D eigenvalue weighted by Crippen LogP contribution is -2.38. The zero-order valence-electron chi connectivity index (χ0n) is 14.3. The fraction of sp³-hybridized carbons (Fsp3) is 0.350. The van der Waals surface area contributed by atoms with Gasteiger partial charge in [0, 0.05) is 24.7 Å². The Balaban J connectivity index is 1.46. The number of carbonyl (C=O) groups excluding carboxylic acids is 1. The predicted octanol–water partition coefficient (Wildman–Crippen LogP) is 4.43. The molecule has 3 rings (SSSR count). The molecule has 1 fully saturated rings. The molecule has 1 heterocycles. The number of hydrogen-bond acceptors (Lipinski definition) is 2. The highest BCUT2D eigenvalue weighted by Gasteiger charge is 2.24. The molecule has 138 valence electrons. The molecule has 0 bridgehead atoms. The molecule has 2 aromatic carbocycles. The first kappa shape index (κ1) is 18.3. The molecule has 0 spiro atoms. The Morgan fingerprint density at radius 3 is 2.35 bits per heavy atom. The molecule has 0 unspecified atom stereocenters. The largest absolute Gasteiger partial charge is 0.491 e. The molecule has 0 atom stereocenters. The van der Waals surface area contributed by atoms with Gasteiger partial charge in [-0.25, -0.2) is 13.2 Å². The molecular formula is C20H20F3NO2. The van der Waals surface area contributed by atoms with E-state index < -0.39 is 11.6 Å². The monoisotopic (exact) mass is 363 g/mol. The lowest BCUT2D eigenvalue weighted by molar-refractivity contribution is 0.0678. The maximum atomic E-state index is 13.5. The van der Waals surface area contributed by atoms with Crippen LogP contribution in [0.25, 0.3) is 0 Å². The number of para-hydroxylation sites is 1. The topological polar surface area (TPSA) is 29.5 Å². The highest BCUT2D eigenvalue weighted by atomic mass is 19.1. The smallest absolute Gasteiger partial charge is 0.254 e. The molecule has 6 heteroatoms. The molecule has 1 aliphatic heterocycles. The van der Waals surface area contributed by atoms with Crippen LogP contribution < -0.4 is 4.74 Å². The molecule has 0 saturated carbocycles. The maximum absolute atomic E-state index is 13.5. The van der Waals surface area contributed by atoms with Crippen LogP contribution in [0.5, 0.6) is 5.75 Å². The van der Waals surface area contributed by atoms with Crippen LogP contribution in [0.1, 0.15) is 29.6 Å². The Kier molecular flexibility index (Phi) is 5.81. The van der Waals surface area contributed by atoms with Crippen LogP contribution in [0.3, 0.4) is 0 Å². The van der Waals surface area contributed by atoms with Crippen molar-refractivity contribution in [2.24, 2.45) is 5.92 Å². The molecule has 2 aromatic rings. The number of halogens is 3. The van der Waals surface area contributed by atoms with Crippen molar-refractivity contribution in [3.05, 3.63) is 65.5 Å². The van der Waals surface area contributed by atoms with Gasteiger partial charge in [-0.3, -0.25) is 4.79 Å². The Morgan fingerprint density at radius 2 is 1.69 bits per heavy atom. The lowest BCUT2D eigenvalue weighted by atomic mass is 9.93. The summed E-state index contributed by atoms with van der Waals surface area (Å²) in [5.74, 6) is -1.63. The number of benzene rings is 2. The summed E-state index contributed by atoms with van der Waals surface area (Å²) in [5.41, 5.74) is 0.0313. The van der Waals surface area contributed by atoms with E-state index in [2.05, 4.69) is 0 Å². The first-order valence-electron chi connectivity index (χ1n) is 8.65. The van der Waals surface area contributed by atoms with Gasteiger partial charge in [-0.15, -0.1) is 0 Å². The summed E-state index contributed by atoms with van der Waals surface area (Å²) >= 11 is 0. The molecule has 0 N–H and O–H groups in total. The summed E-state index contributed by atoms with van der Waals surface area (Å²) in [6.07, 6.45) is 2.33. The number of ether oxygens (including phenoxy) is 1. The minimum absolute atomic E-state index is 0.0313. The predicted molar refractivity (Wildman–Crippen MR) is 91.5 cm³/mol. The van der Waals surface area contributed by atoms with E-state index in [4.69, 9.17) is 4.74 Å². The lowest BCUT2D eigenvalue weighted by Gasteiger charge is -2.32. The van der Waals surface area contributed by atoms with Crippen molar-refractivity contribution >= 4 is 5.91 Å². The minimum atomic E-state index is -0.756. The SMILES string of the molecule is O=C(c1cc(F)cc(F)c1)N1CCC(CCOc2ccccc2F)CC1. The Hall–Kier alpha value is -2.50. The number of piperidine rings is 1. The summed E-state index contributed by atoms with van der Waals surface area (Å²) in [5, 5.41) is 0. The minimum Gasteiger partial charge on any atom is -0.491 e. The van der Waals surface area contributed by atoms with Crippen LogP contribution in [0.2, 0.25) is 0 Å². The van der Waals surface area contributed by atoms with Crippen LogP contribution in [-0.4, -0.2) is 30.5 Å². The molecular weight excluding hydrogens is 343 g/mol. The fourth-order valence-electron chi connectivity index (χ4n) is 3.18. The molecule has 26 heavy (non-hydrogen) atoms. The van der Waals surface area contributed by atoms with Crippen molar-refractivity contribution < 1.29 is 22.7 Å². The number of hydrogen-bond donors (Lipinski definition) is 0. The third-order valence-corrected chi connectivity index (χ3v) is 4.63. The van der Waals surface area contributed by atoms with Gasteiger partial charge in [0.2, 0.25) is 0 Å². The highest BCUT2D eigenvalue weighted by Crippen LogP contribution is 2.23. The van der Waals surface area contributed by atoms with Gasteiger partial charge >= 0.3 is 0 Å². The third-order valence-electron chi connectivity index (χ3n) is 4.63. The molecule has 0 aromatic heterocycles. The Labute approximate surface area is 150 Å². The number of nitrogens with zero attached hydrogens (tertiary/aromatic N) is 1. The van der Waals surface area contributed by atoms with Crippen LogP contribution in [-0.2, 0) is 0 Å². The average Bonchev–Trinajstić information content (AvgIpc) is 2.62. The first-order chi connectivity index (χ1) is 12.5. The fourth-order valence-corrected chi connectivity index (χ4v) is 3.18. The molecule has 1 aliphatic rings. The summed E-state index contributed by atoms with van der Waals surface area (Å²) in [6, 6.07) is 9.14. The average molecular weight is 363 g/mol. The van der Waals surface area contributed by atoms with E-state index in [1.165, 1.54) is 6.07 Å². The van der Waals surface area contributed by atoms with Crippen molar-refractivity contribution in [1.29, 1.82) is 0 Å². The van der Waals surface area contributed by atoms with Gasteiger partial charge in [0.15, 0.2) is 11.6 Å². The zero-order chi connectivity index (χ0) is 18.5. The van der Waals surface area contributed by atoms with Gasteiger partial charge in [-0.2, -0.15) is 0 Å². The van der Waals surface area contributed by atoms with Crippen molar-refractivity contribution in [2.75, 3.05) is 19.7 Å². The van der Waals surface area contributed by atoms with Crippen LogP contribution in [0.15, 0.2) is 42.5 Å². The molecule has 1 saturated heterocycles.